The quantitative estimate of drug-likeness (QED) is 0.351. The van der Waals surface area contributed by atoms with E-state index in [0.717, 1.165) is 0 Å². The fourth-order valence-corrected chi connectivity index (χ4v) is 1.94. The number of carbonyl (C=O) groups excluding carboxylic acids is 1. The molecule has 0 saturated carbocycles. The van der Waals surface area contributed by atoms with Crippen LogP contribution in [0.5, 0.6) is 0 Å². The van der Waals surface area contributed by atoms with E-state index in [1.54, 1.807) is 6.92 Å². The van der Waals surface area contributed by atoms with Crippen LogP contribution in [0.3, 0.4) is 0 Å². The molecule has 0 aliphatic carbocycles. The minimum Gasteiger partial charge on any atom is -0.467 e. The van der Waals surface area contributed by atoms with Crippen molar-refractivity contribution in [2.75, 3.05) is 0 Å². The van der Waals surface area contributed by atoms with Crippen LogP contribution >= 0.6 is 22.6 Å². The van der Waals surface area contributed by atoms with E-state index in [2.05, 4.69) is 4.98 Å². The molecule has 0 spiro atoms. The van der Waals surface area contributed by atoms with Crippen LogP contribution in [0, 0.1) is 10.5 Å². The Bertz CT molecular complexity index is 677. The molecular weight excluding hydrogens is 363 g/mol. The first-order chi connectivity index (χ1) is 9.02. The number of carbonyl (C=O) groups is 1. The molecule has 2 aromatic rings. The number of amides is 1. The van der Waals surface area contributed by atoms with Crippen molar-refractivity contribution < 1.29 is 9.21 Å². The first-order valence-corrected chi connectivity index (χ1v) is 6.40. The third-order valence-corrected chi connectivity index (χ3v) is 3.77. The number of hydrogen-bond donors (Lipinski definition) is 2. The van der Waals surface area contributed by atoms with Crippen LogP contribution in [0.1, 0.15) is 21.8 Å². The van der Waals surface area contributed by atoms with Crippen molar-refractivity contribution in [2.24, 2.45) is 5.84 Å². The molecule has 0 radical (unpaired) electrons. The van der Waals surface area contributed by atoms with Gasteiger partial charge in [-0.25, -0.2) is 10.8 Å². The standard InChI is InChI=1S/C11H11IN4O3/c1-6-9(12)11(18)16(5-14-6)3-8-2-7(4-19-8)10(17)15-13/h2,4-5H,3,13H2,1H3,(H,15,17). The average molecular weight is 374 g/mol. The lowest BCUT2D eigenvalue weighted by Crippen LogP contribution is -2.29. The highest BCUT2D eigenvalue weighted by Crippen LogP contribution is 2.09. The summed E-state index contributed by atoms with van der Waals surface area (Å²) in [6.45, 7) is 1.98. The Balaban J connectivity index is 2.27. The largest absolute Gasteiger partial charge is 0.467 e. The molecule has 0 saturated heterocycles. The van der Waals surface area contributed by atoms with Gasteiger partial charge in [0.15, 0.2) is 0 Å². The van der Waals surface area contributed by atoms with Gasteiger partial charge in [-0.2, -0.15) is 0 Å². The normalized spacial score (nSPS) is 10.5. The van der Waals surface area contributed by atoms with E-state index in [9.17, 15) is 9.59 Å². The summed E-state index contributed by atoms with van der Waals surface area (Å²) < 4.78 is 7.19. The molecule has 2 rings (SSSR count). The Labute approximate surface area is 121 Å². The minimum atomic E-state index is -0.445. The highest BCUT2D eigenvalue weighted by Gasteiger charge is 2.11. The summed E-state index contributed by atoms with van der Waals surface area (Å²) in [5.41, 5.74) is 2.85. The van der Waals surface area contributed by atoms with E-state index >= 15 is 0 Å². The second kappa shape index (κ2) is 5.53. The number of aryl methyl sites for hydroxylation is 1. The summed E-state index contributed by atoms with van der Waals surface area (Å²) >= 11 is 1.95. The topological polar surface area (TPSA) is 103 Å². The van der Waals surface area contributed by atoms with Crippen molar-refractivity contribution in [1.82, 2.24) is 15.0 Å². The molecule has 0 unspecified atom stereocenters. The maximum absolute atomic E-state index is 12.0. The van der Waals surface area contributed by atoms with Gasteiger partial charge in [0.2, 0.25) is 0 Å². The van der Waals surface area contributed by atoms with Crippen molar-refractivity contribution in [1.29, 1.82) is 0 Å². The molecule has 0 atom stereocenters. The van der Waals surface area contributed by atoms with Gasteiger partial charge in [-0.15, -0.1) is 0 Å². The molecule has 1 amide bonds. The molecular formula is C11H11IN4O3. The fraction of sp³-hybridized carbons (Fsp3) is 0.182. The summed E-state index contributed by atoms with van der Waals surface area (Å²) in [5, 5.41) is 0. The van der Waals surface area contributed by atoms with E-state index in [1.165, 1.54) is 23.2 Å². The highest BCUT2D eigenvalue weighted by molar-refractivity contribution is 14.1. The van der Waals surface area contributed by atoms with E-state index in [-0.39, 0.29) is 12.1 Å². The van der Waals surface area contributed by atoms with Crippen LogP contribution < -0.4 is 16.8 Å². The van der Waals surface area contributed by atoms with Crippen molar-refractivity contribution in [3.63, 3.8) is 0 Å². The fourth-order valence-electron chi connectivity index (χ4n) is 1.49. The Morgan fingerprint density at radius 3 is 3.05 bits per heavy atom. The lowest BCUT2D eigenvalue weighted by atomic mass is 10.3. The number of nitrogens with zero attached hydrogens (tertiary/aromatic N) is 2. The van der Waals surface area contributed by atoms with E-state index in [1.807, 2.05) is 28.0 Å². The first-order valence-electron chi connectivity index (χ1n) is 5.33. The number of nitrogens with one attached hydrogen (secondary N) is 1. The van der Waals surface area contributed by atoms with Gasteiger partial charge in [-0.1, -0.05) is 0 Å². The molecule has 3 N–H and O–H groups in total. The molecule has 100 valence electrons. The predicted octanol–water partition coefficient (Wildman–Crippen LogP) is 0.401. The average Bonchev–Trinajstić information content (AvgIpc) is 2.87. The van der Waals surface area contributed by atoms with Gasteiger partial charge >= 0.3 is 0 Å². The van der Waals surface area contributed by atoms with Gasteiger partial charge in [-0.05, 0) is 35.6 Å². The molecule has 0 aliphatic rings. The highest BCUT2D eigenvalue weighted by atomic mass is 127. The zero-order valence-electron chi connectivity index (χ0n) is 10.0. The summed E-state index contributed by atoms with van der Waals surface area (Å²) in [4.78, 5) is 27.3. The number of hydrazine groups is 1. The van der Waals surface area contributed by atoms with Crippen molar-refractivity contribution in [3.8, 4) is 0 Å². The number of nitrogen functional groups attached to an aromatic ring is 1. The van der Waals surface area contributed by atoms with Gasteiger partial charge in [0.05, 0.1) is 27.7 Å². The zero-order valence-corrected chi connectivity index (χ0v) is 12.2. The molecule has 0 aliphatic heterocycles. The van der Waals surface area contributed by atoms with Crippen molar-refractivity contribution in [2.45, 2.75) is 13.5 Å². The minimum absolute atomic E-state index is 0.144. The number of aromatic nitrogens is 2. The third-order valence-electron chi connectivity index (χ3n) is 2.53. The SMILES string of the molecule is Cc1ncn(Cc2cc(C(=O)NN)co2)c(=O)c1I. The maximum atomic E-state index is 12.0. The second-order valence-corrected chi connectivity index (χ2v) is 4.93. The molecule has 19 heavy (non-hydrogen) atoms. The van der Waals surface area contributed by atoms with Gasteiger partial charge in [0.1, 0.15) is 12.0 Å². The van der Waals surface area contributed by atoms with Crippen LogP contribution in [0.25, 0.3) is 0 Å². The van der Waals surface area contributed by atoms with E-state index in [4.69, 9.17) is 10.3 Å². The van der Waals surface area contributed by atoms with Crippen LogP contribution in [-0.4, -0.2) is 15.5 Å². The second-order valence-electron chi connectivity index (χ2n) is 3.85. The number of nitrogens with two attached hydrogens (primary N) is 1. The van der Waals surface area contributed by atoms with Crippen molar-refractivity contribution >= 4 is 28.5 Å². The Morgan fingerprint density at radius 2 is 2.37 bits per heavy atom. The van der Waals surface area contributed by atoms with Crippen LogP contribution in [0.2, 0.25) is 0 Å². The number of rotatable bonds is 3. The third kappa shape index (κ3) is 2.84. The molecule has 2 aromatic heterocycles. The maximum Gasteiger partial charge on any atom is 0.268 e. The zero-order chi connectivity index (χ0) is 14.0. The van der Waals surface area contributed by atoms with Gasteiger partial charge in [0.25, 0.3) is 11.5 Å². The Kier molecular flexibility index (Phi) is 4.00. The summed E-state index contributed by atoms with van der Waals surface area (Å²) in [7, 11) is 0. The molecule has 0 fully saturated rings. The van der Waals surface area contributed by atoms with Crippen LogP contribution in [0.4, 0.5) is 0 Å². The van der Waals surface area contributed by atoms with Gasteiger partial charge in [0, 0.05) is 0 Å². The molecule has 2 heterocycles. The molecule has 8 heteroatoms. The predicted molar refractivity (Wildman–Crippen MR) is 75.4 cm³/mol. The molecule has 0 aromatic carbocycles. The molecule has 7 nitrogen and oxygen atoms in total. The lowest BCUT2D eigenvalue weighted by Gasteiger charge is -2.04. The first kappa shape index (κ1) is 13.7. The van der Waals surface area contributed by atoms with Crippen molar-refractivity contribution in [3.05, 3.63) is 49.6 Å². The number of furan rings is 1. The smallest absolute Gasteiger partial charge is 0.268 e. The monoisotopic (exact) mass is 374 g/mol. The number of halogens is 1. The van der Waals surface area contributed by atoms with Gasteiger partial charge in [-0.3, -0.25) is 19.6 Å². The molecule has 0 bridgehead atoms. The van der Waals surface area contributed by atoms with E-state index in [0.29, 0.717) is 20.6 Å². The Morgan fingerprint density at radius 1 is 1.63 bits per heavy atom. The summed E-state index contributed by atoms with van der Waals surface area (Å²) in [5.74, 6) is 5.05. The lowest BCUT2D eigenvalue weighted by molar-refractivity contribution is 0.0953. The van der Waals surface area contributed by atoms with Gasteiger partial charge < -0.3 is 4.42 Å². The number of hydrogen-bond acceptors (Lipinski definition) is 5. The van der Waals surface area contributed by atoms with Crippen LogP contribution in [-0.2, 0) is 6.54 Å². The summed E-state index contributed by atoms with van der Waals surface area (Å²) in [6, 6.07) is 1.53. The van der Waals surface area contributed by atoms with Crippen LogP contribution in [0.15, 0.2) is 27.9 Å². The van der Waals surface area contributed by atoms with E-state index < -0.39 is 5.91 Å². The summed E-state index contributed by atoms with van der Waals surface area (Å²) in [6.07, 6.45) is 2.74. The Hall–Kier alpha value is -1.68.